The number of hydrogen-bond acceptors (Lipinski definition) is 5. The zero-order valence-corrected chi connectivity index (χ0v) is 13.9. The van der Waals surface area contributed by atoms with Crippen LogP contribution in [-0.4, -0.2) is 30.7 Å². The predicted molar refractivity (Wildman–Crippen MR) is 86.5 cm³/mol. The molecule has 0 spiro atoms. The van der Waals surface area contributed by atoms with Crippen LogP contribution >= 0.6 is 11.3 Å². The van der Waals surface area contributed by atoms with Gasteiger partial charge in [0, 0.05) is 16.8 Å². The Kier molecular flexibility index (Phi) is 4.68. The quantitative estimate of drug-likeness (QED) is 0.825. The Morgan fingerprint density at radius 3 is 2.83 bits per heavy atom. The summed E-state index contributed by atoms with van der Waals surface area (Å²) in [4.78, 5) is 25.6. The molecule has 7 heteroatoms. The van der Waals surface area contributed by atoms with E-state index < -0.39 is 12.1 Å². The fourth-order valence-electron chi connectivity index (χ4n) is 3.09. The lowest BCUT2D eigenvalue weighted by atomic mass is 9.83. The van der Waals surface area contributed by atoms with E-state index in [0.717, 1.165) is 23.3 Å². The van der Waals surface area contributed by atoms with Crippen molar-refractivity contribution < 1.29 is 18.7 Å². The molecule has 1 saturated carbocycles. The van der Waals surface area contributed by atoms with E-state index in [4.69, 9.17) is 10.5 Å². The molecule has 1 amide bonds. The van der Waals surface area contributed by atoms with Crippen molar-refractivity contribution in [1.82, 2.24) is 0 Å². The highest BCUT2D eigenvalue weighted by molar-refractivity contribution is 7.17. The number of thiophene rings is 1. The van der Waals surface area contributed by atoms with E-state index in [1.54, 1.807) is 6.92 Å². The van der Waals surface area contributed by atoms with Crippen molar-refractivity contribution >= 4 is 28.2 Å². The Bertz CT molecular complexity index is 625. The first-order valence-corrected chi connectivity index (χ1v) is 8.83. The highest BCUT2D eigenvalue weighted by Gasteiger charge is 2.36. The first kappa shape index (κ1) is 16.4. The van der Waals surface area contributed by atoms with E-state index >= 15 is 0 Å². The van der Waals surface area contributed by atoms with E-state index in [2.05, 4.69) is 5.32 Å². The van der Waals surface area contributed by atoms with Gasteiger partial charge in [0.1, 0.15) is 11.2 Å². The SMILES string of the molecule is CCOC(=O)c1c(NC(=O)[C@H]2C[C@H](F)C2)sc2c1C[C@@H](N)CC2. The van der Waals surface area contributed by atoms with Crippen molar-refractivity contribution in [2.45, 2.75) is 51.2 Å². The summed E-state index contributed by atoms with van der Waals surface area (Å²) in [6.45, 7) is 2.02. The minimum absolute atomic E-state index is 0.0211. The maximum atomic E-state index is 12.9. The van der Waals surface area contributed by atoms with Gasteiger partial charge in [0.15, 0.2) is 0 Å². The van der Waals surface area contributed by atoms with Crippen LogP contribution in [-0.2, 0) is 22.4 Å². The summed E-state index contributed by atoms with van der Waals surface area (Å²) in [5.74, 6) is -0.944. The number of fused-ring (bicyclic) bond motifs is 1. The minimum Gasteiger partial charge on any atom is -0.462 e. The number of amides is 1. The molecule has 0 aliphatic heterocycles. The van der Waals surface area contributed by atoms with Crippen LogP contribution in [0.2, 0.25) is 0 Å². The third-order valence-electron chi connectivity index (χ3n) is 4.47. The number of rotatable bonds is 4. The fraction of sp³-hybridized carbons (Fsp3) is 0.625. The molecule has 3 rings (SSSR count). The third-order valence-corrected chi connectivity index (χ3v) is 5.67. The lowest BCUT2D eigenvalue weighted by Gasteiger charge is -2.28. The summed E-state index contributed by atoms with van der Waals surface area (Å²) >= 11 is 1.42. The Morgan fingerprint density at radius 1 is 1.43 bits per heavy atom. The van der Waals surface area contributed by atoms with Gasteiger partial charge in [0.2, 0.25) is 5.91 Å². The summed E-state index contributed by atoms with van der Waals surface area (Å²) < 4.78 is 18.1. The number of hydrogen-bond donors (Lipinski definition) is 2. The second-order valence-corrected chi connectivity index (χ2v) is 7.29. The molecule has 2 aliphatic rings. The van der Waals surface area contributed by atoms with Crippen LogP contribution in [0.4, 0.5) is 9.39 Å². The molecular formula is C16H21FN2O3S. The standard InChI is InChI=1S/C16H21FN2O3S/c1-2-22-16(21)13-11-7-10(18)3-4-12(11)23-15(13)19-14(20)8-5-9(17)6-8/h8-10H,2-7,18H2,1H3,(H,19,20)/t8-,9-,10-/m0/s1. The van der Waals surface area contributed by atoms with Crippen LogP contribution in [0, 0.1) is 5.92 Å². The van der Waals surface area contributed by atoms with Crippen LogP contribution in [0.25, 0.3) is 0 Å². The molecular weight excluding hydrogens is 319 g/mol. The number of halogens is 1. The summed E-state index contributed by atoms with van der Waals surface area (Å²) in [5, 5.41) is 3.34. The second-order valence-electron chi connectivity index (χ2n) is 6.19. The van der Waals surface area contributed by atoms with Crippen LogP contribution < -0.4 is 11.1 Å². The number of carbonyl (C=O) groups excluding carboxylic acids is 2. The number of aryl methyl sites for hydroxylation is 1. The topological polar surface area (TPSA) is 81.4 Å². The van der Waals surface area contributed by atoms with E-state index in [1.165, 1.54) is 11.3 Å². The molecule has 1 atom stereocenters. The van der Waals surface area contributed by atoms with Crippen molar-refractivity contribution in [3.8, 4) is 0 Å². The molecule has 1 aromatic heterocycles. The first-order chi connectivity index (χ1) is 11.0. The number of carbonyl (C=O) groups is 2. The lowest BCUT2D eigenvalue weighted by molar-refractivity contribution is -0.124. The average molecular weight is 340 g/mol. The molecule has 126 valence electrons. The van der Waals surface area contributed by atoms with Gasteiger partial charge in [-0.05, 0) is 44.6 Å². The Balaban J connectivity index is 1.86. The number of esters is 1. The van der Waals surface area contributed by atoms with Gasteiger partial charge in [-0.1, -0.05) is 0 Å². The van der Waals surface area contributed by atoms with Crippen LogP contribution in [0.5, 0.6) is 0 Å². The molecule has 5 nitrogen and oxygen atoms in total. The molecule has 2 aliphatic carbocycles. The molecule has 0 bridgehead atoms. The summed E-state index contributed by atoms with van der Waals surface area (Å²) in [6.07, 6.45) is 1.93. The van der Waals surface area contributed by atoms with Gasteiger partial charge in [-0.25, -0.2) is 9.18 Å². The van der Waals surface area contributed by atoms with Crippen molar-refractivity contribution in [3.63, 3.8) is 0 Å². The number of nitrogens with one attached hydrogen (secondary N) is 1. The van der Waals surface area contributed by atoms with Crippen LogP contribution in [0.1, 0.15) is 47.0 Å². The molecule has 1 heterocycles. The maximum absolute atomic E-state index is 12.9. The highest BCUT2D eigenvalue weighted by atomic mass is 32.1. The van der Waals surface area contributed by atoms with Gasteiger partial charge in [-0.2, -0.15) is 0 Å². The summed E-state index contributed by atoms with van der Waals surface area (Å²) in [5.41, 5.74) is 7.36. The van der Waals surface area contributed by atoms with Gasteiger partial charge < -0.3 is 15.8 Å². The number of nitrogens with two attached hydrogens (primary N) is 1. The largest absolute Gasteiger partial charge is 0.462 e. The smallest absolute Gasteiger partial charge is 0.341 e. The Morgan fingerprint density at radius 2 is 2.17 bits per heavy atom. The molecule has 1 aromatic rings. The van der Waals surface area contributed by atoms with Crippen LogP contribution in [0.15, 0.2) is 0 Å². The lowest BCUT2D eigenvalue weighted by Crippen LogP contribution is -2.35. The zero-order valence-electron chi connectivity index (χ0n) is 13.1. The van der Waals surface area contributed by atoms with Gasteiger partial charge in [-0.15, -0.1) is 11.3 Å². The molecule has 0 unspecified atom stereocenters. The third kappa shape index (κ3) is 3.26. The zero-order chi connectivity index (χ0) is 16.6. The monoisotopic (exact) mass is 340 g/mol. The Hall–Kier alpha value is -1.47. The normalized spacial score (nSPS) is 26.1. The maximum Gasteiger partial charge on any atom is 0.341 e. The van der Waals surface area contributed by atoms with Gasteiger partial charge in [-0.3, -0.25) is 4.79 Å². The van der Waals surface area contributed by atoms with Crippen molar-refractivity contribution in [3.05, 3.63) is 16.0 Å². The highest BCUT2D eigenvalue weighted by Crippen LogP contribution is 2.39. The summed E-state index contributed by atoms with van der Waals surface area (Å²) in [7, 11) is 0. The van der Waals surface area contributed by atoms with Crippen LogP contribution in [0.3, 0.4) is 0 Å². The number of alkyl halides is 1. The molecule has 0 aromatic carbocycles. The molecule has 1 fully saturated rings. The van der Waals surface area contributed by atoms with Gasteiger partial charge in [0.25, 0.3) is 0 Å². The van der Waals surface area contributed by atoms with E-state index in [0.29, 0.717) is 17.0 Å². The summed E-state index contributed by atoms with van der Waals surface area (Å²) in [6, 6.07) is 0.0211. The molecule has 23 heavy (non-hydrogen) atoms. The van der Waals surface area contributed by atoms with Crippen molar-refractivity contribution in [2.24, 2.45) is 11.7 Å². The molecule has 0 saturated heterocycles. The first-order valence-electron chi connectivity index (χ1n) is 8.01. The predicted octanol–water partition coefficient (Wildman–Crippen LogP) is 2.43. The minimum atomic E-state index is -0.884. The van der Waals surface area contributed by atoms with Crippen molar-refractivity contribution in [1.29, 1.82) is 0 Å². The Labute approximate surface area is 138 Å². The molecule has 0 radical (unpaired) electrons. The van der Waals surface area contributed by atoms with Gasteiger partial charge >= 0.3 is 5.97 Å². The number of ether oxygens (including phenoxy) is 1. The molecule has 3 N–H and O–H groups in total. The number of anilines is 1. The van der Waals surface area contributed by atoms with Crippen molar-refractivity contribution in [2.75, 3.05) is 11.9 Å². The van der Waals surface area contributed by atoms with E-state index in [1.807, 2.05) is 0 Å². The fourth-order valence-corrected chi connectivity index (χ4v) is 4.33. The second kappa shape index (κ2) is 6.57. The van der Waals surface area contributed by atoms with Gasteiger partial charge in [0.05, 0.1) is 12.2 Å². The van der Waals surface area contributed by atoms with E-state index in [9.17, 15) is 14.0 Å². The average Bonchev–Trinajstić information content (AvgIpc) is 2.81. The van der Waals surface area contributed by atoms with E-state index in [-0.39, 0.29) is 37.3 Å².